The van der Waals surface area contributed by atoms with E-state index in [0.717, 1.165) is 17.5 Å². The molecule has 1 amide bonds. The predicted octanol–water partition coefficient (Wildman–Crippen LogP) is 3.55. The van der Waals surface area contributed by atoms with Crippen LogP contribution < -0.4 is 4.74 Å². The minimum Gasteiger partial charge on any atom is -0.484 e. The van der Waals surface area contributed by atoms with Crippen LogP contribution in [0.4, 0.5) is 0 Å². The summed E-state index contributed by atoms with van der Waals surface area (Å²) < 4.78 is 29.4. The number of sulfone groups is 1. The molecule has 28 heavy (non-hydrogen) atoms. The van der Waals surface area contributed by atoms with E-state index in [2.05, 4.69) is 0 Å². The van der Waals surface area contributed by atoms with E-state index in [-0.39, 0.29) is 36.1 Å². The van der Waals surface area contributed by atoms with E-state index in [4.69, 9.17) is 4.74 Å². The molecule has 2 aromatic carbocycles. The molecule has 1 saturated heterocycles. The molecule has 1 aliphatic rings. The first-order chi connectivity index (χ1) is 13.4. The topological polar surface area (TPSA) is 63.7 Å². The highest BCUT2D eigenvalue weighted by Gasteiger charge is 2.36. The van der Waals surface area contributed by atoms with Gasteiger partial charge in [-0.3, -0.25) is 4.79 Å². The summed E-state index contributed by atoms with van der Waals surface area (Å²) >= 11 is 0. The summed E-state index contributed by atoms with van der Waals surface area (Å²) in [6, 6.07) is 17.4. The van der Waals surface area contributed by atoms with Crippen molar-refractivity contribution in [3.63, 3.8) is 0 Å². The fourth-order valence-electron chi connectivity index (χ4n) is 3.59. The number of ether oxygens (including phenoxy) is 1. The van der Waals surface area contributed by atoms with Crippen molar-refractivity contribution in [2.75, 3.05) is 18.1 Å². The van der Waals surface area contributed by atoms with Crippen molar-refractivity contribution >= 4 is 15.7 Å². The van der Waals surface area contributed by atoms with Gasteiger partial charge in [-0.25, -0.2) is 8.42 Å². The molecule has 3 rings (SSSR count). The molecule has 150 valence electrons. The zero-order valence-corrected chi connectivity index (χ0v) is 17.2. The Balaban J connectivity index is 1.64. The highest BCUT2D eigenvalue weighted by molar-refractivity contribution is 7.91. The largest absolute Gasteiger partial charge is 0.484 e. The molecule has 1 heterocycles. The summed E-state index contributed by atoms with van der Waals surface area (Å²) in [5.41, 5.74) is 2.20. The van der Waals surface area contributed by atoms with Gasteiger partial charge in [0.15, 0.2) is 16.4 Å². The highest BCUT2D eigenvalue weighted by atomic mass is 32.2. The first kappa shape index (κ1) is 20.4. The Bertz CT molecular complexity index is 894. The van der Waals surface area contributed by atoms with Crippen molar-refractivity contribution < 1.29 is 17.9 Å². The number of hydrogen-bond donors (Lipinski definition) is 0. The van der Waals surface area contributed by atoms with Gasteiger partial charge in [0, 0.05) is 12.1 Å². The van der Waals surface area contributed by atoms with E-state index in [1.54, 1.807) is 4.90 Å². The fourth-order valence-corrected chi connectivity index (χ4v) is 5.31. The average molecular weight is 402 g/mol. The lowest BCUT2D eigenvalue weighted by Gasteiger charge is -2.33. The third kappa shape index (κ3) is 4.93. The predicted molar refractivity (Wildman–Crippen MR) is 111 cm³/mol. The van der Waals surface area contributed by atoms with E-state index in [1.807, 2.05) is 68.4 Å². The van der Waals surface area contributed by atoms with Gasteiger partial charge in [0.25, 0.3) is 5.91 Å². The maximum atomic E-state index is 12.8. The van der Waals surface area contributed by atoms with Crippen LogP contribution in [0.3, 0.4) is 0 Å². The first-order valence-corrected chi connectivity index (χ1v) is 11.5. The van der Waals surface area contributed by atoms with Crippen molar-refractivity contribution in [1.82, 2.24) is 4.90 Å². The van der Waals surface area contributed by atoms with Crippen molar-refractivity contribution in [2.24, 2.45) is 0 Å². The van der Waals surface area contributed by atoms with Gasteiger partial charge in [-0.2, -0.15) is 0 Å². The molecule has 2 atom stereocenters. The third-order valence-corrected chi connectivity index (χ3v) is 7.03. The molecule has 0 bridgehead atoms. The van der Waals surface area contributed by atoms with E-state index in [0.29, 0.717) is 12.2 Å². The highest BCUT2D eigenvalue weighted by Crippen LogP contribution is 2.24. The molecule has 0 spiro atoms. The lowest BCUT2D eigenvalue weighted by atomic mass is 10.1. The van der Waals surface area contributed by atoms with E-state index in [9.17, 15) is 13.2 Å². The SMILES string of the molecule is CC[C@@H](C)N(C(=O)COc1ccc(-c2ccccc2)cc1)[C@H]1CCS(=O)(=O)C1. The van der Waals surface area contributed by atoms with Crippen LogP contribution in [0, 0.1) is 0 Å². The standard InChI is InChI=1S/C22H27NO4S/c1-3-17(2)23(20-13-14-28(25,26)16-20)22(24)15-27-21-11-9-19(10-12-21)18-7-5-4-6-8-18/h4-12,17,20H,3,13-16H2,1-2H3/t17-,20+/m1/s1. The lowest BCUT2D eigenvalue weighted by Crippen LogP contribution is -2.48. The fraction of sp³-hybridized carbons (Fsp3) is 0.409. The quantitative estimate of drug-likeness (QED) is 0.712. The van der Waals surface area contributed by atoms with Crippen LogP contribution in [0.5, 0.6) is 5.75 Å². The van der Waals surface area contributed by atoms with Crippen LogP contribution in [-0.4, -0.2) is 49.4 Å². The summed E-state index contributed by atoms with van der Waals surface area (Å²) in [7, 11) is -3.05. The monoisotopic (exact) mass is 401 g/mol. The van der Waals surface area contributed by atoms with Gasteiger partial charge < -0.3 is 9.64 Å². The Morgan fingerprint density at radius 1 is 1.11 bits per heavy atom. The smallest absolute Gasteiger partial charge is 0.261 e. The molecule has 0 N–H and O–H groups in total. The second-order valence-corrected chi connectivity index (χ2v) is 9.52. The number of carbonyl (C=O) groups is 1. The van der Waals surface area contributed by atoms with Crippen LogP contribution in [0.2, 0.25) is 0 Å². The maximum absolute atomic E-state index is 12.8. The summed E-state index contributed by atoms with van der Waals surface area (Å²) in [4.78, 5) is 14.5. The van der Waals surface area contributed by atoms with Crippen LogP contribution in [0.15, 0.2) is 54.6 Å². The summed E-state index contributed by atoms with van der Waals surface area (Å²) in [5.74, 6) is 0.661. The van der Waals surface area contributed by atoms with Gasteiger partial charge >= 0.3 is 0 Å². The van der Waals surface area contributed by atoms with Crippen LogP contribution in [0.25, 0.3) is 11.1 Å². The Hall–Kier alpha value is -2.34. The zero-order chi connectivity index (χ0) is 20.1. The normalized spacial score (nSPS) is 19.1. The van der Waals surface area contributed by atoms with Gasteiger partial charge in [-0.1, -0.05) is 49.4 Å². The number of nitrogens with zero attached hydrogens (tertiary/aromatic N) is 1. The number of rotatable bonds is 7. The Labute approximate surface area is 167 Å². The van der Waals surface area contributed by atoms with Crippen molar-refractivity contribution in [2.45, 2.75) is 38.8 Å². The third-order valence-electron chi connectivity index (χ3n) is 5.28. The van der Waals surface area contributed by atoms with Gasteiger partial charge in [-0.05, 0) is 43.0 Å². The van der Waals surface area contributed by atoms with E-state index >= 15 is 0 Å². The molecule has 6 heteroatoms. The molecule has 2 aromatic rings. The molecule has 0 aliphatic carbocycles. The Morgan fingerprint density at radius 2 is 1.75 bits per heavy atom. The average Bonchev–Trinajstić information content (AvgIpc) is 3.06. The molecule has 1 aliphatic heterocycles. The second kappa shape index (κ2) is 8.78. The maximum Gasteiger partial charge on any atom is 0.261 e. The molecule has 0 unspecified atom stereocenters. The van der Waals surface area contributed by atoms with Crippen LogP contribution in [0.1, 0.15) is 26.7 Å². The van der Waals surface area contributed by atoms with Crippen molar-refractivity contribution in [3.05, 3.63) is 54.6 Å². The van der Waals surface area contributed by atoms with Gasteiger partial charge in [0.05, 0.1) is 11.5 Å². The molecule has 0 saturated carbocycles. The van der Waals surface area contributed by atoms with Crippen molar-refractivity contribution in [1.29, 1.82) is 0 Å². The van der Waals surface area contributed by atoms with Gasteiger partial charge in [-0.15, -0.1) is 0 Å². The summed E-state index contributed by atoms with van der Waals surface area (Å²) in [5, 5.41) is 0. The molecule has 0 aromatic heterocycles. The molecule has 0 radical (unpaired) electrons. The van der Waals surface area contributed by atoms with E-state index in [1.165, 1.54) is 0 Å². The number of benzene rings is 2. The Morgan fingerprint density at radius 3 is 2.32 bits per heavy atom. The van der Waals surface area contributed by atoms with Gasteiger partial charge in [0.1, 0.15) is 5.75 Å². The molecular weight excluding hydrogens is 374 g/mol. The van der Waals surface area contributed by atoms with Crippen LogP contribution in [-0.2, 0) is 14.6 Å². The second-order valence-electron chi connectivity index (χ2n) is 7.29. The lowest BCUT2D eigenvalue weighted by molar-refractivity contribution is -0.137. The van der Waals surface area contributed by atoms with Gasteiger partial charge in [0.2, 0.25) is 0 Å². The molecule has 1 fully saturated rings. The first-order valence-electron chi connectivity index (χ1n) is 9.69. The van der Waals surface area contributed by atoms with E-state index < -0.39 is 9.84 Å². The number of amides is 1. The minimum atomic E-state index is -3.05. The zero-order valence-electron chi connectivity index (χ0n) is 16.4. The van der Waals surface area contributed by atoms with Crippen LogP contribution >= 0.6 is 0 Å². The summed E-state index contributed by atoms with van der Waals surface area (Å²) in [6.07, 6.45) is 1.28. The molecular formula is C22H27NO4S. The van der Waals surface area contributed by atoms with Crippen molar-refractivity contribution in [3.8, 4) is 16.9 Å². The number of carbonyl (C=O) groups excluding carboxylic acids is 1. The summed E-state index contributed by atoms with van der Waals surface area (Å²) in [6.45, 7) is 3.86. The molecule has 5 nitrogen and oxygen atoms in total. The minimum absolute atomic E-state index is 0.0187. The Kier molecular flexibility index (Phi) is 6.39. The number of hydrogen-bond acceptors (Lipinski definition) is 4.